The molecule has 0 aliphatic rings. The minimum absolute atomic E-state index is 0.169. The van der Waals surface area contributed by atoms with E-state index >= 15 is 0 Å². The summed E-state index contributed by atoms with van der Waals surface area (Å²) in [5.74, 6) is -0.460. The molecule has 2 aromatic heterocycles. The summed E-state index contributed by atoms with van der Waals surface area (Å²) in [4.78, 5) is 28.9. The fourth-order valence-electron chi connectivity index (χ4n) is 1.91. The first-order chi connectivity index (χ1) is 9.69. The highest BCUT2D eigenvalue weighted by atomic mass is 32.1. The normalized spacial score (nSPS) is 11.4. The number of nitrogens with zero attached hydrogens (tertiary/aromatic N) is 2. The molecule has 0 aliphatic heterocycles. The highest BCUT2D eigenvalue weighted by Crippen LogP contribution is 2.19. The van der Waals surface area contributed by atoms with Gasteiger partial charge in [-0.05, 0) is 18.2 Å². The number of hydrogen-bond acceptors (Lipinski definition) is 5. The van der Waals surface area contributed by atoms with Crippen molar-refractivity contribution < 1.29 is 9.53 Å². The molecule has 2 heterocycles. The fourth-order valence-corrected chi connectivity index (χ4v) is 2.84. The molecule has 0 aliphatic carbocycles. The third kappa shape index (κ3) is 2.10. The van der Waals surface area contributed by atoms with Crippen LogP contribution in [0.2, 0.25) is 0 Å². The van der Waals surface area contributed by atoms with Crippen molar-refractivity contribution in [1.29, 1.82) is 0 Å². The minimum atomic E-state index is -0.460. The molecule has 0 fully saturated rings. The average molecular weight is 286 g/mol. The van der Waals surface area contributed by atoms with Crippen LogP contribution in [-0.2, 0) is 9.53 Å². The van der Waals surface area contributed by atoms with E-state index in [4.69, 9.17) is 0 Å². The van der Waals surface area contributed by atoms with E-state index in [2.05, 4.69) is 9.72 Å². The fraction of sp³-hybridized carbons (Fsp3) is 0.0714. The summed E-state index contributed by atoms with van der Waals surface area (Å²) in [7, 11) is 1.31. The monoisotopic (exact) mass is 286 g/mol. The van der Waals surface area contributed by atoms with Crippen molar-refractivity contribution in [2.24, 2.45) is 0 Å². The molecule has 5 nitrogen and oxygen atoms in total. The number of fused-ring (bicyclic) bond motifs is 3. The summed E-state index contributed by atoms with van der Waals surface area (Å²) < 4.78 is 6.08. The quantitative estimate of drug-likeness (QED) is 0.534. The topological polar surface area (TPSA) is 60.7 Å². The van der Waals surface area contributed by atoms with Crippen molar-refractivity contribution in [1.82, 2.24) is 9.38 Å². The Morgan fingerprint density at radius 3 is 3.00 bits per heavy atom. The maximum absolute atomic E-state index is 12.2. The van der Waals surface area contributed by atoms with Gasteiger partial charge in [-0.2, -0.15) is 0 Å². The first-order valence-corrected chi connectivity index (χ1v) is 6.68. The van der Waals surface area contributed by atoms with Gasteiger partial charge >= 0.3 is 5.97 Å². The van der Waals surface area contributed by atoms with Crippen LogP contribution >= 0.6 is 11.3 Å². The number of carbonyl (C=O) groups excluding carboxylic acids is 1. The van der Waals surface area contributed by atoms with E-state index in [1.54, 1.807) is 10.5 Å². The molecule has 1 aromatic carbocycles. The maximum atomic E-state index is 12.2. The number of methoxy groups -OCH3 is 1. The Hall–Kier alpha value is -2.47. The summed E-state index contributed by atoms with van der Waals surface area (Å²) >= 11 is 1.34. The zero-order chi connectivity index (χ0) is 14.1. The maximum Gasteiger partial charge on any atom is 0.330 e. The molecule has 0 amide bonds. The predicted molar refractivity (Wildman–Crippen MR) is 77.9 cm³/mol. The lowest BCUT2D eigenvalue weighted by molar-refractivity contribution is -0.134. The van der Waals surface area contributed by atoms with Gasteiger partial charge in [0.25, 0.3) is 5.56 Å². The number of imidazole rings is 1. The largest absolute Gasteiger partial charge is 0.466 e. The molecule has 0 N–H and O–H groups in total. The van der Waals surface area contributed by atoms with Gasteiger partial charge in [-0.3, -0.25) is 9.20 Å². The molecule has 3 aromatic rings. The Labute approximate surface area is 117 Å². The highest BCUT2D eigenvalue weighted by Gasteiger charge is 2.08. The number of rotatable bonds is 2. The lowest BCUT2D eigenvalue weighted by atomic mass is 10.3. The zero-order valence-corrected chi connectivity index (χ0v) is 11.4. The summed E-state index contributed by atoms with van der Waals surface area (Å²) in [6, 6.07) is 8.94. The van der Waals surface area contributed by atoms with Crippen molar-refractivity contribution in [2.75, 3.05) is 7.11 Å². The second kappa shape index (κ2) is 4.90. The molecule has 0 radical (unpaired) electrons. The van der Waals surface area contributed by atoms with E-state index in [1.165, 1.54) is 30.6 Å². The minimum Gasteiger partial charge on any atom is -0.466 e. The van der Waals surface area contributed by atoms with Crippen LogP contribution in [0.1, 0.15) is 4.88 Å². The molecular formula is C14H10N2O3S. The lowest BCUT2D eigenvalue weighted by Crippen LogP contribution is -2.10. The van der Waals surface area contributed by atoms with E-state index in [9.17, 15) is 9.59 Å². The zero-order valence-electron chi connectivity index (χ0n) is 10.6. The highest BCUT2D eigenvalue weighted by molar-refractivity contribution is 7.17. The van der Waals surface area contributed by atoms with Gasteiger partial charge in [0, 0.05) is 17.0 Å². The first-order valence-electron chi connectivity index (χ1n) is 5.86. The van der Waals surface area contributed by atoms with Crippen LogP contribution in [-0.4, -0.2) is 22.5 Å². The van der Waals surface area contributed by atoms with Gasteiger partial charge in [-0.15, -0.1) is 0 Å². The van der Waals surface area contributed by atoms with Crippen LogP contribution in [0.25, 0.3) is 22.1 Å². The molecular weight excluding hydrogens is 276 g/mol. The number of benzene rings is 1. The standard InChI is InChI=1S/C14H10N2O3S/c1-19-13(18)7-6-9-8-12(17)16-11-5-3-2-4-10(11)15-14(16)20-9/h2-8H,1H3/b7-6+. The molecule has 0 atom stereocenters. The number of esters is 1. The van der Waals surface area contributed by atoms with Gasteiger partial charge in [-0.25, -0.2) is 9.78 Å². The third-order valence-electron chi connectivity index (χ3n) is 2.81. The van der Waals surface area contributed by atoms with Gasteiger partial charge in [0.15, 0.2) is 4.96 Å². The van der Waals surface area contributed by atoms with E-state index in [1.807, 2.05) is 24.3 Å². The number of aromatic nitrogens is 2. The number of hydrogen-bond donors (Lipinski definition) is 0. The van der Waals surface area contributed by atoms with E-state index in [0.717, 1.165) is 11.0 Å². The van der Waals surface area contributed by atoms with Crippen molar-refractivity contribution >= 4 is 39.4 Å². The Kier molecular flexibility index (Phi) is 3.08. The molecule has 0 bridgehead atoms. The SMILES string of the molecule is COC(=O)/C=C/c1cc(=O)n2c(nc3ccccc32)s1. The smallest absolute Gasteiger partial charge is 0.330 e. The second-order valence-corrected chi connectivity index (χ2v) is 5.10. The van der Waals surface area contributed by atoms with Gasteiger partial charge in [-0.1, -0.05) is 23.5 Å². The van der Waals surface area contributed by atoms with Gasteiger partial charge < -0.3 is 4.74 Å². The van der Waals surface area contributed by atoms with Crippen LogP contribution in [0.4, 0.5) is 0 Å². The molecule has 20 heavy (non-hydrogen) atoms. The van der Waals surface area contributed by atoms with E-state index in [0.29, 0.717) is 9.84 Å². The van der Waals surface area contributed by atoms with Crippen molar-refractivity contribution in [3.63, 3.8) is 0 Å². The summed E-state index contributed by atoms with van der Waals surface area (Å²) in [5.41, 5.74) is 1.39. The van der Waals surface area contributed by atoms with Crippen molar-refractivity contribution in [3.8, 4) is 0 Å². The van der Waals surface area contributed by atoms with Crippen LogP contribution in [0.5, 0.6) is 0 Å². The third-order valence-corrected chi connectivity index (χ3v) is 3.76. The molecule has 0 spiro atoms. The lowest BCUT2D eigenvalue weighted by Gasteiger charge is -1.95. The van der Waals surface area contributed by atoms with Crippen LogP contribution in [0.15, 0.2) is 41.2 Å². The molecule has 3 rings (SSSR count). The van der Waals surface area contributed by atoms with Crippen LogP contribution in [0, 0.1) is 0 Å². The van der Waals surface area contributed by atoms with Crippen molar-refractivity contribution in [2.45, 2.75) is 0 Å². The molecule has 100 valence electrons. The van der Waals surface area contributed by atoms with Crippen LogP contribution < -0.4 is 5.56 Å². The summed E-state index contributed by atoms with van der Waals surface area (Å²) in [6.45, 7) is 0. The molecule has 6 heteroatoms. The summed E-state index contributed by atoms with van der Waals surface area (Å²) in [5, 5.41) is 0. The van der Waals surface area contributed by atoms with Crippen molar-refractivity contribution in [3.05, 3.63) is 51.6 Å². The molecule has 0 unspecified atom stereocenters. The van der Waals surface area contributed by atoms with E-state index < -0.39 is 5.97 Å². The Morgan fingerprint density at radius 1 is 1.40 bits per heavy atom. The number of ether oxygens (including phenoxy) is 1. The average Bonchev–Trinajstić information content (AvgIpc) is 2.83. The number of carbonyl (C=O) groups is 1. The summed E-state index contributed by atoms with van der Waals surface area (Å²) in [6.07, 6.45) is 2.83. The Morgan fingerprint density at radius 2 is 2.20 bits per heavy atom. The van der Waals surface area contributed by atoms with Gasteiger partial charge in [0.1, 0.15) is 0 Å². The van der Waals surface area contributed by atoms with E-state index in [-0.39, 0.29) is 5.56 Å². The van der Waals surface area contributed by atoms with Crippen LogP contribution in [0.3, 0.4) is 0 Å². The first kappa shape index (κ1) is 12.6. The van der Waals surface area contributed by atoms with Gasteiger partial charge in [0.2, 0.25) is 0 Å². The number of para-hydroxylation sites is 2. The second-order valence-electron chi connectivity index (χ2n) is 4.06. The Balaban J connectivity index is 2.20. The Bertz CT molecular complexity index is 892. The van der Waals surface area contributed by atoms with Gasteiger partial charge in [0.05, 0.1) is 18.1 Å². The molecule has 0 saturated carbocycles. The predicted octanol–water partition coefficient (Wildman–Crippen LogP) is 2.10. The molecule has 0 saturated heterocycles.